The van der Waals surface area contributed by atoms with E-state index in [2.05, 4.69) is 9.44 Å². The molecule has 0 fully saturated rings. The van der Waals surface area contributed by atoms with Crippen molar-refractivity contribution in [2.45, 2.75) is 23.6 Å². The van der Waals surface area contributed by atoms with Gasteiger partial charge in [0.2, 0.25) is 20.0 Å². The third-order valence-corrected chi connectivity index (χ3v) is 6.72. The zero-order chi connectivity index (χ0) is 19.2. The van der Waals surface area contributed by atoms with Crippen LogP contribution in [0.1, 0.15) is 13.8 Å². The Balaban J connectivity index is 1.99. The molecular weight excluding hydrogens is 372 g/mol. The Bertz CT molecular complexity index is 887. The Hall–Kier alpha value is -2.00. The molecule has 0 aliphatic carbocycles. The van der Waals surface area contributed by atoms with Crippen LogP contribution in [0, 0.1) is 0 Å². The summed E-state index contributed by atoms with van der Waals surface area (Å²) < 4.78 is 53.9. The Morgan fingerprint density at radius 2 is 0.962 bits per heavy atom. The number of rotatable bonds is 8. The fourth-order valence-corrected chi connectivity index (χ4v) is 4.25. The van der Waals surface area contributed by atoms with Crippen LogP contribution in [0.15, 0.2) is 81.6 Å². The molecule has 0 bridgehead atoms. The molecule has 2 aromatic carbocycles. The van der Waals surface area contributed by atoms with Gasteiger partial charge in [0.25, 0.3) is 0 Å². The van der Waals surface area contributed by atoms with Gasteiger partial charge >= 0.3 is 0 Å². The number of hydrogen-bond donors (Lipinski definition) is 2. The van der Waals surface area contributed by atoms with E-state index in [1.165, 1.54) is 24.3 Å². The third kappa shape index (κ3) is 5.50. The molecule has 2 N–H and O–H groups in total. The van der Waals surface area contributed by atoms with Crippen molar-refractivity contribution in [3.8, 4) is 0 Å². The molecule has 0 aliphatic rings. The summed E-state index contributed by atoms with van der Waals surface area (Å²) in [5, 5.41) is 0. The monoisotopic (exact) mass is 394 g/mol. The number of benzene rings is 2. The molecule has 2 rings (SSSR count). The number of sulfonamides is 2. The fourth-order valence-electron chi connectivity index (χ4n) is 2.07. The van der Waals surface area contributed by atoms with E-state index in [4.69, 9.17) is 0 Å². The lowest BCUT2D eigenvalue weighted by Crippen LogP contribution is -2.28. The van der Waals surface area contributed by atoms with Gasteiger partial charge < -0.3 is 0 Å². The van der Waals surface area contributed by atoms with Gasteiger partial charge in [0.15, 0.2) is 0 Å². The van der Waals surface area contributed by atoms with Crippen LogP contribution < -0.4 is 9.44 Å². The molecular formula is C18H22N2O4S2. The maximum atomic E-state index is 12.2. The van der Waals surface area contributed by atoms with Gasteiger partial charge in [-0.1, -0.05) is 47.5 Å². The minimum atomic E-state index is -3.60. The third-order valence-electron chi connectivity index (χ3n) is 3.89. The predicted molar refractivity (Wildman–Crippen MR) is 102 cm³/mol. The van der Waals surface area contributed by atoms with Crippen LogP contribution in [-0.2, 0) is 20.0 Å². The molecule has 0 heterocycles. The molecule has 140 valence electrons. The fraction of sp³-hybridized carbons (Fsp3) is 0.222. The number of hydrogen-bond acceptors (Lipinski definition) is 4. The molecule has 2 aromatic rings. The second-order valence-corrected chi connectivity index (χ2v) is 9.37. The minimum Gasteiger partial charge on any atom is -0.207 e. The molecule has 0 atom stereocenters. The lowest BCUT2D eigenvalue weighted by molar-refractivity contribution is 0.581. The minimum absolute atomic E-state index is 0.107. The molecule has 0 unspecified atom stereocenters. The first kappa shape index (κ1) is 20.3. The predicted octanol–water partition coefficient (Wildman–Crippen LogP) is 2.28. The molecule has 0 spiro atoms. The van der Waals surface area contributed by atoms with E-state index in [0.29, 0.717) is 0 Å². The highest BCUT2D eigenvalue weighted by Gasteiger charge is 2.15. The summed E-state index contributed by atoms with van der Waals surface area (Å²) >= 11 is 0. The lowest BCUT2D eigenvalue weighted by atomic mass is 10.1. The maximum absolute atomic E-state index is 12.2. The molecule has 0 aromatic heterocycles. The average molecular weight is 395 g/mol. The van der Waals surface area contributed by atoms with E-state index in [9.17, 15) is 16.8 Å². The van der Waals surface area contributed by atoms with Gasteiger partial charge in [-0.05, 0) is 38.1 Å². The molecule has 0 aliphatic heterocycles. The SMILES string of the molecule is C/C(CNS(=O)(=O)c1ccccc1)=C(/C)CNS(=O)(=O)c1ccccc1. The first-order valence-electron chi connectivity index (χ1n) is 7.97. The first-order valence-corrected chi connectivity index (χ1v) is 10.9. The molecule has 0 saturated heterocycles. The Kier molecular flexibility index (Phi) is 6.71. The highest BCUT2D eigenvalue weighted by molar-refractivity contribution is 7.89. The Morgan fingerprint density at radius 1 is 0.654 bits per heavy atom. The maximum Gasteiger partial charge on any atom is 0.240 e. The zero-order valence-electron chi connectivity index (χ0n) is 14.6. The van der Waals surface area contributed by atoms with E-state index >= 15 is 0 Å². The van der Waals surface area contributed by atoms with E-state index in [-0.39, 0.29) is 22.9 Å². The van der Waals surface area contributed by atoms with Crippen molar-refractivity contribution in [3.05, 3.63) is 71.8 Å². The largest absolute Gasteiger partial charge is 0.240 e. The summed E-state index contributed by atoms with van der Waals surface area (Å²) in [4.78, 5) is 0.380. The quantitative estimate of drug-likeness (QED) is 0.672. The van der Waals surface area contributed by atoms with Crippen molar-refractivity contribution in [3.63, 3.8) is 0 Å². The van der Waals surface area contributed by atoms with Crippen molar-refractivity contribution < 1.29 is 16.8 Å². The summed E-state index contributed by atoms with van der Waals surface area (Å²) in [7, 11) is -7.20. The van der Waals surface area contributed by atoms with Crippen molar-refractivity contribution >= 4 is 20.0 Å². The van der Waals surface area contributed by atoms with Crippen molar-refractivity contribution in [1.82, 2.24) is 9.44 Å². The van der Waals surface area contributed by atoms with Crippen molar-refractivity contribution in [2.75, 3.05) is 13.1 Å². The van der Waals surface area contributed by atoms with Gasteiger partial charge in [0.1, 0.15) is 0 Å². The van der Waals surface area contributed by atoms with E-state index in [0.717, 1.165) is 11.1 Å². The van der Waals surface area contributed by atoms with Crippen LogP contribution in [0.3, 0.4) is 0 Å². The Morgan fingerprint density at radius 3 is 1.27 bits per heavy atom. The lowest BCUT2D eigenvalue weighted by Gasteiger charge is -2.12. The number of nitrogens with one attached hydrogen (secondary N) is 2. The topological polar surface area (TPSA) is 92.3 Å². The van der Waals surface area contributed by atoms with Gasteiger partial charge in [-0.25, -0.2) is 26.3 Å². The standard InChI is InChI=1S/C18H22N2O4S2/c1-15(13-19-25(21,22)17-9-5-3-6-10-17)16(2)14-20-26(23,24)18-11-7-4-8-12-18/h3-12,19-20H,13-14H2,1-2H3/b16-15+. The second kappa shape index (κ2) is 8.59. The summed E-state index contributed by atoms with van der Waals surface area (Å²) in [5.74, 6) is 0. The molecule has 0 radical (unpaired) electrons. The summed E-state index contributed by atoms with van der Waals surface area (Å²) in [6.07, 6.45) is 0. The van der Waals surface area contributed by atoms with Crippen LogP contribution >= 0.6 is 0 Å². The average Bonchev–Trinajstić information content (AvgIpc) is 2.65. The zero-order valence-corrected chi connectivity index (χ0v) is 16.3. The van der Waals surface area contributed by atoms with Crippen LogP contribution in [0.2, 0.25) is 0 Å². The van der Waals surface area contributed by atoms with E-state index in [1.807, 2.05) is 0 Å². The highest BCUT2D eigenvalue weighted by Crippen LogP contribution is 2.10. The van der Waals surface area contributed by atoms with E-state index < -0.39 is 20.0 Å². The molecule has 0 amide bonds. The normalized spacial score (nSPS) is 13.3. The smallest absolute Gasteiger partial charge is 0.207 e. The van der Waals surface area contributed by atoms with E-state index in [1.54, 1.807) is 50.2 Å². The van der Waals surface area contributed by atoms with Crippen LogP contribution in [-0.4, -0.2) is 29.9 Å². The van der Waals surface area contributed by atoms with Gasteiger partial charge in [-0.3, -0.25) is 0 Å². The molecule has 0 saturated carbocycles. The molecule has 26 heavy (non-hydrogen) atoms. The van der Waals surface area contributed by atoms with Gasteiger partial charge in [-0.2, -0.15) is 0 Å². The van der Waals surface area contributed by atoms with Crippen LogP contribution in [0.4, 0.5) is 0 Å². The first-order chi connectivity index (χ1) is 12.2. The Labute approximate surface area is 155 Å². The summed E-state index contributed by atoms with van der Waals surface area (Å²) in [5.41, 5.74) is 1.50. The highest BCUT2D eigenvalue weighted by atomic mass is 32.2. The van der Waals surface area contributed by atoms with Crippen molar-refractivity contribution in [1.29, 1.82) is 0 Å². The second-order valence-electron chi connectivity index (χ2n) is 5.84. The van der Waals surface area contributed by atoms with Crippen molar-refractivity contribution in [2.24, 2.45) is 0 Å². The van der Waals surface area contributed by atoms with Gasteiger partial charge in [0, 0.05) is 13.1 Å². The molecule has 6 nitrogen and oxygen atoms in total. The van der Waals surface area contributed by atoms with Crippen LogP contribution in [0.25, 0.3) is 0 Å². The van der Waals surface area contributed by atoms with Gasteiger partial charge in [0.05, 0.1) is 9.79 Å². The van der Waals surface area contributed by atoms with Crippen LogP contribution in [0.5, 0.6) is 0 Å². The molecule has 8 heteroatoms. The summed E-state index contributed by atoms with van der Waals surface area (Å²) in [6.45, 7) is 3.74. The summed E-state index contributed by atoms with van der Waals surface area (Å²) in [6, 6.07) is 16.2. The van der Waals surface area contributed by atoms with Gasteiger partial charge in [-0.15, -0.1) is 0 Å².